The van der Waals surface area contributed by atoms with Crippen LogP contribution in [0.15, 0.2) is 18.2 Å². The van der Waals surface area contributed by atoms with E-state index in [0.29, 0.717) is 12.8 Å². The van der Waals surface area contributed by atoms with E-state index in [-0.39, 0.29) is 5.91 Å². The minimum atomic E-state index is -1.09. The van der Waals surface area contributed by atoms with Gasteiger partial charge in [0.2, 0.25) is 5.91 Å². The Morgan fingerprint density at radius 1 is 0.955 bits per heavy atom. The lowest BCUT2D eigenvalue weighted by Gasteiger charge is -2.31. The van der Waals surface area contributed by atoms with E-state index in [0.717, 1.165) is 31.4 Å². The number of rotatable bonds is 3. The molecule has 4 heteroatoms. The van der Waals surface area contributed by atoms with Gasteiger partial charge in [0, 0.05) is 23.5 Å². The Labute approximate surface area is 130 Å². The van der Waals surface area contributed by atoms with Crippen molar-refractivity contribution in [3.05, 3.63) is 29.3 Å². The third kappa shape index (κ3) is 3.16. The SMILES string of the molecule is O=C(Nc1ccc2c(c1)CCCC2)[C@H]1CCCC[C@H]1C(=O)[O-]. The Bertz CT molecular complexity index is 582. The van der Waals surface area contributed by atoms with E-state index in [4.69, 9.17) is 0 Å². The van der Waals surface area contributed by atoms with Crippen LogP contribution in [0.5, 0.6) is 0 Å². The summed E-state index contributed by atoms with van der Waals surface area (Å²) in [5.74, 6) is -2.38. The number of aryl methyl sites for hydroxylation is 2. The van der Waals surface area contributed by atoms with Gasteiger partial charge in [0.25, 0.3) is 0 Å². The highest BCUT2D eigenvalue weighted by Crippen LogP contribution is 2.31. The Kier molecular flexibility index (Phi) is 4.46. The Morgan fingerprint density at radius 2 is 1.64 bits per heavy atom. The Balaban J connectivity index is 1.71. The third-order valence-corrected chi connectivity index (χ3v) is 5.02. The van der Waals surface area contributed by atoms with E-state index in [1.807, 2.05) is 12.1 Å². The molecule has 1 aromatic carbocycles. The van der Waals surface area contributed by atoms with Crippen LogP contribution >= 0.6 is 0 Å². The number of nitrogens with one attached hydrogen (secondary N) is 1. The number of fused-ring (bicyclic) bond motifs is 1. The summed E-state index contributed by atoms with van der Waals surface area (Å²) >= 11 is 0. The standard InChI is InChI=1S/C18H23NO3/c20-17(15-7-3-4-8-16(15)18(21)22)19-14-10-9-12-5-1-2-6-13(12)11-14/h9-11,15-16H,1-8H2,(H,19,20)(H,21,22)/p-1/t15-,16+/m0/s1. The van der Waals surface area contributed by atoms with Gasteiger partial charge in [0.05, 0.1) is 0 Å². The molecule has 1 N–H and O–H groups in total. The molecule has 0 spiro atoms. The van der Waals surface area contributed by atoms with Crippen molar-refractivity contribution in [2.45, 2.75) is 51.4 Å². The van der Waals surface area contributed by atoms with Crippen LogP contribution in [0.4, 0.5) is 5.69 Å². The van der Waals surface area contributed by atoms with E-state index in [2.05, 4.69) is 11.4 Å². The Hall–Kier alpha value is -1.84. The molecule has 0 heterocycles. The molecule has 2 atom stereocenters. The number of carbonyl (C=O) groups is 2. The minimum absolute atomic E-state index is 0.176. The van der Waals surface area contributed by atoms with Crippen LogP contribution in [0, 0.1) is 11.8 Å². The first-order valence-corrected chi connectivity index (χ1v) is 8.28. The number of anilines is 1. The van der Waals surface area contributed by atoms with Crippen LogP contribution in [-0.2, 0) is 22.4 Å². The number of aliphatic carboxylic acids is 1. The molecule has 0 radical (unpaired) electrons. The summed E-state index contributed by atoms with van der Waals surface area (Å²) in [5, 5.41) is 14.1. The van der Waals surface area contributed by atoms with Crippen molar-refractivity contribution >= 4 is 17.6 Å². The van der Waals surface area contributed by atoms with Gasteiger partial charge in [0.1, 0.15) is 0 Å². The van der Waals surface area contributed by atoms with E-state index >= 15 is 0 Å². The maximum absolute atomic E-state index is 12.4. The summed E-state index contributed by atoms with van der Waals surface area (Å²) in [4.78, 5) is 23.7. The van der Waals surface area contributed by atoms with Gasteiger partial charge in [-0.15, -0.1) is 0 Å². The third-order valence-electron chi connectivity index (χ3n) is 5.02. The second kappa shape index (κ2) is 6.51. The molecule has 0 aliphatic heterocycles. The first-order valence-electron chi connectivity index (χ1n) is 8.28. The predicted octanol–water partition coefficient (Wildman–Crippen LogP) is 2.06. The van der Waals surface area contributed by atoms with Crippen molar-refractivity contribution in [2.75, 3.05) is 5.32 Å². The Morgan fingerprint density at radius 3 is 2.36 bits per heavy atom. The largest absolute Gasteiger partial charge is 0.550 e. The second-order valence-electron chi connectivity index (χ2n) is 6.50. The molecular formula is C18H22NO3-. The molecule has 2 aliphatic rings. The molecule has 0 aromatic heterocycles. The van der Waals surface area contributed by atoms with Crippen LogP contribution in [-0.4, -0.2) is 11.9 Å². The zero-order valence-corrected chi connectivity index (χ0v) is 12.8. The number of benzene rings is 1. The maximum atomic E-state index is 12.4. The van der Waals surface area contributed by atoms with E-state index in [9.17, 15) is 14.7 Å². The van der Waals surface area contributed by atoms with Crippen molar-refractivity contribution in [3.63, 3.8) is 0 Å². The molecule has 1 saturated carbocycles. The molecule has 1 fully saturated rings. The molecule has 4 nitrogen and oxygen atoms in total. The first-order chi connectivity index (χ1) is 10.6. The molecule has 2 aliphatic carbocycles. The van der Waals surface area contributed by atoms with Crippen molar-refractivity contribution in [1.29, 1.82) is 0 Å². The maximum Gasteiger partial charge on any atom is 0.228 e. The van der Waals surface area contributed by atoms with Gasteiger partial charge in [0.15, 0.2) is 0 Å². The summed E-state index contributed by atoms with van der Waals surface area (Å²) in [6.45, 7) is 0. The van der Waals surface area contributed by atoms with E-state index < -0.39 is 17.8 Å². The minimum Gasteiger partial charge on any atom is -0.550 e. The predicted molar refractivity (Wildman–Crippen MR) is 82.2 cm³/mol. The highest BCUT2D eigenvalue weighted by atomic mass is 16.4. The fourth-order valence-electron chi connectivity index (χ4n) is 3.77. The van der Waals surface area contributed by atoms with Gasteiger partial charge in [-0.25, -0.2) is 0 Å². The molecule has 0 unspecified atom stereocenters. The lowest BCUT2D eigenvalue weighted by Crippen LogP contribution is -2.42. The molecular weight excluding hydrogens is 278 g/mol. The van der Waals surface area contributed by atoms with Gasteiger partial charge in [-0.05, 0) is 61.8 Å². The van der Waals surface area contributed by atoms with E-state index in [1.54, 1.807) is 0 Å². The van der Waals surface area contributed by atoms with Crippen molar-refractivity contribution < 1.29 is 14.7 Å². The fraction of sp³-hybridized carbons (Fsp3) is 0.556. The fourth-order valence-corrected chi connectivity index (χ4v) is 3.77. The zero-order valence-electron chi connectivity index (χ0n) is 12.8. The second-order valence-corrected chi connectivity index (χ2v) is 6.50. The van der Waals surface area contributed by atoms with Gasteiger partial charge in [-0.1, -0.05) is 18.9 Å². The summed E-state index contributed by atoms with van der Waals surface area (Å²) in [5.41, 5.74) is 3.46. The summed E-state index contributed by atoms with van der Waals surface area (Å²) in [6.07, 6.45) is 7.55. The van der Waals surface area contributed by atoms with Crippen LogP contribution in [0.2, 0.25) is 0 Å². The first kappa shape index (κ1) is 15.1. The van der Waals surface area contributed by atoms with Crippen LogP contribution in [0.1, 0.15) is 49.7 Å². The van der Waals surface area contributed by atoms with Crippen molar-refractivity contribution in [1.82, 2.24) is 0 Å². The highest BCUT2D eigenvalue weighted by Gasteiger charge is 2.31. The van der Waals surface area contributed by atoms with Gasteiger partial charge in [-0.2, -0.15) is 0 Å². The average molecular weight is 300 g/mol. The lowest BCUT2D eigenvalue weighted by atomic mass is 9.78. The number of carboxylic acid groups (broad SMARTS) is 1. The quantitative estimate of drug-likeness (QED) is 0.929. The number of amides is 1. The smallest absolute Gasteiger partial charge is 0.228 e. The summed E-state index contributed by atoms with van der Waals surface area (Å²) < 4.78 is 0. The van der Waals surface area contributed by atoms with Crippen LogP contribution in [0.25, 0.3) is 0 Å². The molecule has 1 amide bonds. The molecule has 0 bridgehead atoms. The molecule has 3 rings (SSSR count). The van der Waals surface area contributed by atoms with Gasteiger partial charge < -0.3 is 15.2 Å². The normalized spacial score (nSPS) is 24.4. The molecule has 22 heavy (non-hydrogen) atoms. The number of hydrogen-bond acceptors (Lipinski definition) is 3. The monoisotopic (exact) mass is 300 g/mol. The summed E-state index contributed by atoms with van der Waals surface area (Å²) in [6, 6.07) is 6.06. The van der Waals surface area contributed by atoms with Crippen LogP contribution < -0.4 is 10.4 Å². The lowest BCUT2D eigenvalue weighted by molar-refractivity contribution is -0.313. The number of carboxylic acids is 1. The topological polar surface area (TPSA) is 69.2 Å². The molecule has 1 aromatic rings. The van der Waals surface area contributed by atoms with Gasteiger partial charge >= 0.3 is 0 Å². The zero-order chi connectivity index (χ0) is 15.5. The highest BCUT2D eigenvalue weighted by molar-refractivity contribution is 5.95. The van der Waals surface area contributed by atoms with Crippen molar-refractivity contribution in [2.24, 2.45) is 11.8 Å². The summed E-state index contributed by atoms with van der Waals surface area (Å²) in [7, 11) is 0. The molecule has 0 saturated heterocycles. The van der Waals surface area contributed by atoms with Crippen molar-refractivity contribution in [3.8, 4) is 0 Å². The number of hydrogen-bond donors (Lipinski definition) is 1. The average Bonchev–Trinajstić information content (AvgIpc) is 2.54. The van der Waals surface area contributed by atoms with Crippen LogP contribution in [0.3, 0.4) is 0 Å². The van der Waals surface area contributed by atoms with Gasteiger partial charge in [-0.3, -0.25) is 4.79 Å². The van der Waals surface area contributed by atoms with E-state index in [1.165, 1.54) is 24.0 Å². The molecule has 118 valence electrons. The number of carbonyl (C=O) groups excluding carboxylic acids is 2.